The summed E-state index contributed by atoms with van der Waals surface area (Å²) in [5.41, 5.74) is 0. The van der Waals surface area contributed by atoms with Crippen LogP contribution in [0.15, 0.2) is 12.4 Å². The van der Waals surface area contributed by atoms with Gasteiger partial charge in [0.15, 0.2) is 0 Å². The first-order valence-electron chi connectivity index (χ1n) is 5.71. The van der Waals surface area contributed by atoms with Crippen LogP contribution in [0.1, 0.15) is 57.7 Å². The molecule has 0 spiro atoms. The van der Waals surface area contributed by atoms with Crippen LogP contribution in [0, 0.1) is 0 Å². The van der Waals surface area contributed by atoms with Gasteiger partial charge < -0.3 is 0 Å². The van der Waals surface area contributed by atoms with Gasteiger partial charge in [0, 0.05) is 18.3 Å². The fraction of sp³-hybridized carbons (Fsp3) is 0.667. The van der Waals surface area contributed by atoms with Gasteiger partial charge >= 0.3 is 0 Å². The third-order valence-electron chi connectivity index (χ3n) is 2.57. The van der Waals surface area contributed by atoms with Crippen LogP contribution < -0.4 is 0 Å². The molecule has 0 aliphatic carbocycles. The fourth-order valence-corrected chi connectivity index (χ4v) is 1.68. The Labute approximate surface area is 97.1 Å². The summed E-state index contributed by atoms with van der Waals surface area (Å²) < 4.78 is 0. The van der Waals surface area contributed by atoms with Crippen LogP contribution in [0.25, 0.3) is 0 Å². The molecule has 1 atom stereocenters. The molecular weight excluding hydrogens is 208 g/mol. The summed E-state index contributed by atoms with van der Waals surface area (Å²) in [5.74, 6) is 1.36. The van der Waals surface area contributed by atoms with E-state index in [9.17, 15) is 0 Å². The highest BCUT2D eigenvalue weighted by atomic mass is 35.5. The van der Waals surface area contributed by atoms with Crippen molar-refractivity contribution in [3.05, 3.63) is 23.2 Å². The molecule has 0 bridgehead atoms. The first-order chi connectivity index (χ1) is 7.24. The maximum absolute atomic E-state index is 5.74. The smallest absolute Gasteiger partial charge is 0.131 e. The molecule has 3 heteroatoms. The first-order valence-corrected chi connectivity index (χ1v) is 6.09. The predicted molar refractivity (Wildman–Crippen MR) is 64.2 cm³/mol. The molecule has 0 aromatic carbocycles. The van der Waals surface area contributed by atoms with Gasteiger partial charge in [0.1, 0.15) is 5.82 Å². The standard InChI is InChI=1S/C12H19ClN2/c1-3-4-5-6-7-10(2)12-14-8-11(13)9-15-12/h8-10H,3-7H2,1-2H3. The molecule has 1 aromatic heterocycles. The Bertz CT molecular complexity index is 271. The van der Waals surface area contributed by atoms with Crippen LogP contribution in [-0.4, -0.2) is 9.97 Å². The summed E-state index contributed by atoms with van der Waals surface area (Å²) in [6.07, 6.45) is 9.70. The number of nitrogens with zero attached hydrogens (tertiary/aromatic N) is 2. The van der Waals surface area contributed by atoms with Crippen molar-refractivity contribution in [2.75, 3.05) is 0 Å². The van der Waals surface area contributed by atoms with E-state index in [1.54, 1.807) is 12.4 Å². The van der Waals surface area contributed by atoms with Crippen molar-refractivity contribution in [2.45, 2.75) is 51.9 Å². The predicted octanol–water partition coefficient (Wildman–Crippen LogP) is 4.20. The summed E-state index contributed by atoms with van der Waals surface area (Å²) in [5, 5.41) is 0.608. The van der Waals surface area contributed by atoms with Crippen LogP contribution in [0.2, 0.25) is 5.02 Å². The Morgan fingerprint density at radius 2 is 1.87 bits per heavy atom. The number of hydrogen-bond donors (Lipinski definition) is 0. The van der Waals surface area contributed by atoms with E-state index in [-0.39, 0.29) is 0 Å². The summed E-state index contributed by atoms with van der Waals surface area (Å²) in [4.78, 5) is 8.47. The molecule has 15 heavy (non-hydrogen) atoms. The van der Waals surface area contributed by atoms with E-state index in [2.05, 4.69) is 23.8 Å². The minimum atomic E-state index is 0.444. The van der Waals surface area contributed by atoms with Crippen molar-refractivity contribution in [1.82, 2.24) is 9.97 Å². The van der Waals surface area contributed by atoms with Gasteiger partial charge in [0.2, 0.25) is 0 Å². The lowest BCUT2D eigenvalue weighted by atomic mass is 10.0. The molecule has 0 amide bonds. The van der Waals surface area contributed by atoms with E-state index in [1.807, 2.05) is 0 Å². The molecule has 1 aromatic rings. The van der Waals surface area contributed by atoms with Crippen LogP contribution >= 0.6 is 11.6 Å². The highest BCUT2D eigenvalue weighted by molar-refractivity contribution is 6.30. The zero-order valence-electron chi connectivity index (χ0n) is 9.54. The molecule has 0 fully saturated rings. The second-order valence-electron chi connectivity index (χ2n) is 4.01. The summed E-state index contributed by atoms with van der Waals surface area (Å²) >= 11 is 5.74. The Balaban J connectivity index is 2.33. The largest absolute Gasteiger partial charge is 0.240 e. The van der Waals surface area contributed by atoms with Crippen LogP contribution in [-0.2, 0) is 0 Å². The monoisotopic (exact) mass is 226 g/mol. The number of hydrogen-bond acceptors (Lipinski definition) is 2. The molecule has 1 heterocycles. The normalized spacial score (nSPS) is 12.7. The Hall–Kier alpha value is -0.630. The molecule has 0 aliphatic rings. The number of aromatic nitrogens is 2. The van der Waals surface area contributed by atoms with Gasteiger partial charge in [-0.2, -0.15) is 0 Å². The van der Waals surface area contributed by atoms with E-state index >= 15 is 0 Å². The van der Waals surface area contributed by atoms with Crippen LogP contribution in [0.4, 0.5) is 0 Å². The molecule has 0 saturated carbocycles. The van der Waals surface area contributed by atoms with Crippen molar-refractivity contribution in [3.8, 4) is 0 Å². The van der Waals surface area contributed by atoms with E-state index in [1.165, 1.54) is 32.1 Å². The third-order valence-corrected chi connectivity index (χ3v) is 2.77. The second kappa shape index (κ2) is 6.78. The lowest BCUT2D eigenvalue weighted by Crippen LogP contribution is -2.00. The molecule has 84 valence electrons. The molecule has 1 rings (SSSR count). The maximum atomic E-state index is 5.74. The minimum Gasteiger partial charge on any atom is -0.240 e. The quantitative estimate of drug-likeness (QED) is 0.680. The lowest BCUT2D eigenvalue weighted by molar-refractivity contribution is 0.561. The lowest BCUT2D eigenvalue weighted by Gasteiger charge is -2.09. The van der Waals surface area contributed by atoms with Gasteiger partial charge in [0.25, 0.3) is 0 Å². The molecule has 0 saturated heterocycles. The maximum Gasteiger partial charge on any atom is 0.131 e. The third kappa shape index (κ3) is 4.61. The average molecular weight is 227 g/mol. The van der Waals surface area contributed by atoms with Crippen molar-refractivity contribution < 1.29 is 0 Å². The first kappa shape index (κ1) is 12.4. The zero-order valence-corrected chi connectivity index (χ0v) is 10.3. The van der Waals surface area contributed by atoms with Crippen molar-refractivity contribution in [1.29, 1.82) is 0 Å². The molecule has 0 radical (unpaired) electrons. The van der Waals surface area contributed by atoms with Gasteiger partial charge in [-0.1, -0.05) is 51.1 Å². The van der Waals surface area contributed by atoms with Gasteiger partial charge in [-0.3, -0.25) is 0 Å². The second-order valence-corrected chi connectivity index (χ2v) is 4.45. The van der Waals surface area contributed by atoms with Gasteiger partial charge in [0.05, 0.1) is 5.02 Å². The van der Waals surface area contributed by atoms with E-state index in [0.717, 1.165) is 5.82 Å². The summed E-state index contributed by atoms with van der Waals surface area (Å²) in [6.45, 7) is 4.40. The molecule has 2 nitrogen and oxygen atoms in total. The average Bonchev–Trinajstić information content (AvgIpc) is 2.25. The van der Waals surface area contributed by atoms with Crippen molar-refractivity contribution in [2.24, 2.45) is 0 Å². The van der Waals surface area contributed by atoms with Gasteiger partial charge in [-0.25, -0.2) is 9.97 Å². The van der Waals surface area contributed by atoms with E-state index in [4.69, 9.17) is 11.6 Å². The zero-order chi connectivity index (χ0) is 11.1. The highest BCUT2D eigenvalue weighted by Gasteiger charge is 2.07. The minimum absolute atomic E-state index is 0.444. The molecule has 1 unspecified atom stereocenters. The molecule has 0 N–H and O–H groups in total. The van der Waals surface area contributed by atoms with E-state index in [0.29, 0.717) is 10.9 Å². The fourth-order valence-electron chi connectivity index (χ4n) is 1.58. The van der Waals surface area contributed by atoms with E-state index < -0.39 is 0 Å². The van der Waals surface area contributed by atoms with Gasteiger partial charge in [-0.05, 0) is 6.42 Å². The number of halogens is 1. The number of unbranched alkanes of at least 4 members (excludes halogenated alkanes) is 3. The topological polar surface area (TPSA) is 25.8 Å². The Morgan fingerprint density at radius 1 is 1.20 bits per heavy atom. The van der Waals surface area contributed by atoms with Crippen LogP contribution in [0.5, 0.6) is 0 Å². The number of rotatable bonds is 6. The van der Waals surface area contributed by atoms with Crippen molar-refractivity contribution >= 4 is 11.6 Å². The molecular formula is C12H19ClN2. The van der Waals surface area contributed by atoms with Crippen molar-refractivity contribution in [3.63, 3.8) is 0 Å². The summed E-state index contributed by atoms with van der Waals surface area (Å²) in [7, 11) is 0. The Kier molecular flexibility index (Phi) is 5.62. The summed E-state index contributed by atoms with van der Waals surface area (Å²) in [6, 6.07) is 0. The molecule has 0 aliphatic heterocycles. The van der Waals surface area contributed by atoms with Crippen LogP contribution in [0.3, 0.4) is 0 Å². The van der Waals surface area contributed by atoms with Gasteiger partial charge in [-0.15, -0.1) is 0 Å². The Morgan fingerprint density at radius 3 is 2.47 bits per heavy atom. The highest BCUT2D eigenvalue weighted by Crippen LogP contribution is 2.19. The SMILES string of the molecule is CCCCCCC(C)c1ncc(Cl)cn1.